The quantitative estimate of drug-likeness (QED) is 0.233. The molecule has 0 saturated carbocycles. The Labute approximate surface area is 218 Å². The normalized spacial score (nSPS) is 11.2. The van der Waals surface area contributed by atoms with Gasteiger partial charge in [-0.3, -0.25) is 4.57 Å². The Morgan fingerprint density at radius 1 is 0.833 bits per heavy atom. The van der Waals surface area contributed by atoms with Gasteiger partial charge < -0.3 is 9.72 Å². The Hall–Kier alpha value is -4.09. The highest BCUT2D eigenvalue weighted by atomic mass is 79.9. The zero-order valence-electron chi connectivity index (χ0n) is 19.8. The first-order chi connectivity index (χ1) is 17.7. The minimum atomic E-state index is 0.632. The molecule has 4 nitrogen and oxygen atoms in total. The van der Waals surface area contributed by atoms with Crippen LogP contribution in [0, 0.1) is 0 Å². The van der Waals surface area contributed by atoms with E-state index in [1.165, 1.54) is 0 Å². The molecular formula is C31H24BrN3O. The van der Waals surface area contributed by atoms with Gasteiger partial charge in [-0.15, -0.1) is 0 Å². The van der Waals surface area contributed by atoms with Gasteiger partial charge in [-0.1, -0.05) is 76.6 Å². The van der Waals surface area contributed by atoms with E-state index in [9.17, 15) is 0 Å². The third kappa shape index (κ3) is 4.01. The molecule has 6 aromatic rings. The van der Waals surface area contributed by atoms with Gasteiger partial charge in [-0.25, -0.2) is 4.98 Å². The first kappa shape index (κ1) is 22.4. The molecule has 0 saturated heterocycles. The van der Waals surface area contributed by atoms with Crippen LogP contribution in [0.3, 0.4) is 0 Å². The van der Waals surface area contributed by atoms with Gasteiger partial charge in [0, 0.05) is 44.0 Å². The summed E-state index contributed by atoms with van der Waals surface area (Å²) in [6, 6.07) is 35.4. The van der Waals surface area contributed by atoms with Crippen molar-refractivity contribution in [3.05, 3.63) is 114 Å². The molecule has 0 fully saturated rings. The average Bonchev–Trinajstić information content (AvgIpc) is 3.52. The number of halogens is 1. The lowest BCUT2D eigenvalue weighted by Gasteiger charge is -2.14. The Morgan fingerprint density at radius 3 is 2.22 bits per heavy atom. The molecule has 176 valence electrons. The maximum Gasteiger partial charge on any atom is 0.147 e. The number of hydrogen-bond acceptors (Lipinski definition) is 2. The fraction of sp³-hybridized carbons (Fsp3) is 0.0645. The van der Waals surface area contributed by atoms with Crippen molar-refractivity contribution in [3.8, 4) is 45.3 Å². The molecule has 0 radical (unpaired) electrons. The molecule has 0 bridgehead atoms. The van der Waals surface area contributed by atoms with Crippen molar-refractivity contribution in [3.63, 3.8) is 0 Å². The Bertz CT molecular complexity index is 1630. The number of nitrogens with one attached hydrogen (secondary N) is 1. The molecule has 5 heteroatoms. The molecule has 2 aromatic heterocycles. The van der Waals surface area contributed by atoms with E-state index in [1.54, 1.807) is 0 Å². The van der Waals surface area contributed by atoms with Crippen molar-refractivity contribution in [1.29, 1.82) is 0 Å². The number of benzene rings is 4. The third-order valence-corrected chi connectivity index (χ3v) is 6.76. The summed E-state index contributed by atoms with van der Waals surface area (Å²) in [4.78, 5) is 8.74. The van der Waals surface area contributed by atoms with Crippen molar-refractivity contribution in [1.82, 2.24) is 14.5 Å². The summed E-state index contributed by atoms with van der Waals surface area (Å²) >= 11 is 3.65. The fourth-order valence-electron chi connectivity index (χ4n) is 4.65. The van der Waals surface area contributed by atoms with Crippen molar-refractivity contribution < 1.29 is 4.74 Å². The van der Waals surface area contributed by atoms with Crippen molar-refractivity contribution in [2.24, 2.45) is 0 Å². The summed E-state index contributed by atoms with van der Waals surface area (Å²) in [5, 5.41) is 1.11. The molecule has 0 atom stereocenters. The van der Waals surface area contributed by atoms with Gasteiger partial charge in [0.1, 0.15) is 11.6 Å². The highest BCUT2D eigenvalue weighted by Gasteiger charge is 2.24. The van der Waals surface area contributed by atoms with Crippen LogP contribution in [0.25, 0.3) is 50.5 Å². The van der Waals surface area contributed by atoms with Gasteiger partial charge in [0.25, 0.3) is 0 Å². The molecule has 0 aliphatic carbocycles. The number of fused-ring (bicyclic) bond motifs is 1. The lowest BCUT2D eigenvalue weighted by Crippen LogP contribution is -2.00. The van der Waals surface area contributed by atoms with E-state index in [2.05, 4.69) is 98.3 Å². The first-order valence-corrected chi connectivity index (χ1v) is 12.8. The van der Waals surface area contributed by atoms with Gasteiger partial charge in [-0.2, -0.15) is 0 Å². The number of imidazole rings is 1. The van der Waals surface area contributed by atoms with Crippen molar-refractivity contribution >= 4 is 26.8 Å². The maximum absolute atomic E-state index is 5.72. The molecule has 36 heavy (non-hydrogen) atoms. The van der Waals surface area contributed by atoms with Crippen LogP contribution in [0.2, 0.25) is 0 Å². The van der Waals surface area contributed by atoms with Gasteiger partial charge >= 0.3 is 0 Å². The summed E-state index contributed by atoms with van der Waals surface area (Å²) in [6.07, 6.45) is 2.05. The number of ether oxygens (including phenoxy) is 1. The fourth-order valence-corrected chi connectivity index (χ4v) is 5.01. The van der Waals surface area contributed by atoms with E-state index in [-0.39, 0.29) is 0 Å². The summed E-state index contributed by atoms with van der Waals surface area (Å²) in [5.74, 6) is 1.73. The molecular weight excluding hydrogens is 510 g/mol. The largest absolute Gasteiger partial charge is 0.494 e. The van der Waals surface area contributed by atoms with Crippen molar-refractivity contribution in [2.75, 3.05) is 6.61 Å². The van der Waals surface area contributed by atoms with E-state index in [0.29, 0.717) is 6.61 Å². The molecule has 4 aromatic carbocycles. The first-order valence-electron chi connectivity index (χ1n) is 12.0. The third-order valence-electron chi connectivity index (χ3n) is 6.26. The number of rotatable bonds is 6. The zero-order chi connectivity index (χ0) is 24.5. The standard InChI is InChI=1S/C31H24BrN3O/c1-2-36-25-16-14-24(15-17-25)35-30(22-11-7-4-8-12-22)29(21-9-5-3-6-10-21)34-31(35)27-20-33-28-18-13-23(32)19-26(27)28/h3-20,33H,2H2,1H3. The Kier molecular flexibility index (Phi) is 5.91. The molecule has 0 aliphatic rings. The molecule has 6 rings (SSSR count). The number of aromatic nitrogens is 3. The zero-order valence-corrected chi connectivity index (χ0v) is 21.4. The maximum atomic E-state index is 5.72. The molecule has 0 aliphatic heterocycles. The van der Waals surface area contributed by atoms with E-state index >= 15 is 0 Å². The second kappa shape index (κ2) is 9.51. The van der Waals surface area contributed by atoms with Crippen LogP contribution in [0.15, 0.2) is 114 Å². The van der Waals surface area contributed by atoms with Gasteiger partial charge in [0.15, 0.2) is 0 Å². The van der Waals surface area contributed by atoms with Crippen molar-refractivity contribution in [2.45, 2.75) is 6.92 Å². The van der Waals surface area contributed by atoms with Crippen LogP contribution in [-0.2, 0) is 0 Å². The second-order valence-electron chi connectivity index (χ2n) is 8.52. The molecule has 0 unspecified atom stereocenters. The van der Waals surface area contributed by atoms with E-state index < -0.39 is 0 Å². The SMILES string of the molecule is CCOc1ccc(-n2c(-c3c[nH]c4ccc(Br)cc34)nc(-c3ccccc3)c2-c2ccccc2)cc1. The number of H-pyrrole nitrogens is 1. The molecule has 0 spiro atoms. The summed E-state index contributed by atoms with van der Waals surface area (Å²) in [6.45, 7) is 2.63. The average molecular weight is 534 g/mol. The lowest BCUT2D eigenvalue weighted by molar-refractivity contribution is 0.340. The summed E-state index contributed by atoms with van der Waals surface area (Å²) < 4.78 is 9.01. The van der Waals surface area contributed by atoms with Gasteiger partial charge in [0.05, 0.1) is 18.0 Å². The van der Waals surface area contributed by atoms with E-state index in [0.717, 1.165) is 60.7 Å². The predicted molar refractivity (Wildman–Crippen MR) is 151 cm³/mol. The highest BCUT2D eigenvalue weighted by molar-refractivity contribution is 9.10. The van der Waals surface area contributed by atoms with E-state index in [4.69, 9.17) is 9.72 Å². The van der Waals surface area contributed by atoms with Crippen LogP contribution in [0.5, 0.6) is 5.75 Å². The molecule has 2 heterocycles. The summed E-state index contributed by atoms with van der Waals surface area (Å²) in [7, 11) is 0. The van der Waals surface area contributed by atoms with E-state index in [1.807, 2.05) is 43.5 Å². The lowest BCUT2D eigenvalue weighted by atomic mass is 10.0. The van der Waals surface area contributed by atoms with Gasteiger partial charge in [-0.05, 0) is 49.4 Å². The van der Waals surface area contributed by atoms with Crippen LogP contribution in [0.4, 0.5) is 0 Å². The van der Waals surface area contributed by atoms with Gasteiger partial charge in [0.2, 0.25) is 0 Å². The summed E-state index contributed by atoms with van der Waals surface area (Å²) in [5.41, 5.74) is 7.29. The molecule has 0 amide bonds. The smallest absolute Gasteiger partial charge is 0.147 e. The highest BCUT2D eigenvalue weighted by Crippen LogP contribution is 2.40. The number of nitrogens with zero attached hydrogens (tertiary/aromatic N) is 2. The van der Waals surface area contributed by atoms with Crippen LogP contribution < -0.4 is 4.74 Å². The minimum Gasteiger partial charge on any atom is -0.494 e. The predicted octanol–water partition coefficient (Wildman–Crippen LogP) is 8.52. The number of hydrogen-bond donors (Lipinski definition) is 1. The van der Waals surface area contributed by atoms with Crippen LogP contribution in [0.1, 0.15) is 6.92 Å². The minimum absolute atomic E-state index is 0.632. The van der Waals surface area contributed by atoms with Crippen LogP contribution >= 0.6 is 15.9 Å². The van der Waals surface area contributed by atoms with Crippen LogP contribution in [-0.4, -0.2) is 21.1 Å². The number of aromatic amines is 1. The second-order valence-corrected chi connectivity index (χ2v) is 9.43. The topological polar surface area (TPSA) is 42.8 Å². The Morgan fingerprint density at radius 2 is 1.53 bits per heavy atom. The Balaban J connectivity index is 1.69. The monoisotopic (exact) mass is 533 g/mol. The molecule has 1 N–H and O–H groups in total.